The first-order valence-corrected chi connectivity index (χ1v) is 6.09. The fourth-order valence-electron chi connectivity index (χ4n) is 2.41. The number of rotatable bonds is 3. The van der Waals surface area contributed by atoms with Crippen LogP contribution in [-0.4, -0.2) is 29.9 Å². The van der Waals surface area contributed by atoms with Crippen LogP contribution in [0.4, 0.5) is 0 Å². The average molecular weight is 241 g/mol. The Morgan fingerprint density at radius 1 is 1.47 bits per heavy atom. The molecule has 0 spiro atoms. The van der Waals surface area contributed by atoms with Crippen molar-refractivity contribution in [2.24, 2.45) is 11.8 Å². The minimum Gasteiger partial charge on any atom is -0.460 e. The van der Waals surface area contributed by atoms with Crippen molar-refractivity contribution in [3.05, 3.63) is 0 Å². The van der Waals surface area contributed by atoms with E-state index in [-0.39, 0.29) is 23.3 Å². The van der Waals surface area contributed by atoms with E-state index in [4.69, 9.17) is 4.74 Å². The summed E-state index contributed by atoms with van der Waals surface area (Å²) in [7, 11) is 0. The SMILES string of the molecule is CC(C)(C)OC(=O)[C@H]1C(CC=O)CNC1(C)C. The van der Waals surface area contributed by atoms with Crippen molar-refractivity contribution in [1.82, 2.24) is 5.32 Å². The molecule has 0 saturated carbocycles. The molecule has 1 saturated heterocycles. The van der Waals surface area contributed by atoms with E-state index in [0.717, 1.165) is 6.29 Å². The smallest absolute Gasteiger partial charge is 0.311 e. The molecule has 98 valence electrons. The highest BCUT2D eigenvalue weighted by molar-refractivity contribution is 5.76. The molecule has 0 bridgehead atoms. The summed E-state index contributed by atoms with van der Waals surface area (Å²) >= 11 is 0. The van der Waals surface area contributed by atoms with E-state index in [1.165, 1.54) is 0 Å². The van der Waals surface area contributed by atoms with Crippen LogP contribution in [0.1, 0.15) is 41.0 Å². The van der Waals surface area contributed by atoms with Crippen molar-refractivity contribution in [1.29, 1.82) is 0 Å². The van der Waals surface area contributed by atoms with E-state index in [1.54, 1.807) is 0 Å². The molecular formula is C13H23NO3. The second-order valence-corrected chi connectivity index (χ2v) is 6.28. The van der Waals surface area contributed by atoms with Crippen molar-refractivity contribution in [2.45, 2.75) is 52.2 Å². The Hall–Kier alpha value is -0.900. The molecule has 2 atom stereocenters. The molecule has 1 N–H and O–H groups in total. The fraction of sp³-hybridized carbons (Fsp3) is 0.846. The normalized spacial score (nSPS) is 27.8. The van der Waals surface area contributed by atoms with Gasteiger partial charge in [0, 0.05) is 12.0 Å². The standard InChI is InChI=1S/C13H23NO3/c1-12(2,3)17-11(16)10-9(6-7-15)8-14-13(10,4)5/h7,9-10,14H,6,8H2,1-5H3/t9?,10-/m1/s1. The maximum Gasteiger partial charge on any atom is 0.311 e. The van der Waals surface area contributed by atoms with Gasteiger partial charge in [0.05, 0.1) is 5.92 Å². The number of esters is 1. The first kappa shape index (κ1) is 14.2. The largest absolute Gasteiger partial charge is 0.460 e. The quantitative estimate of drug-likeness (QED) is 0.601. The van der Waals surface area contributed by atoms with Gasteiger partial charge in [-0.05, 0) is 47.1 Å². The average Bonchev–Trinajstić information content (AvgIpc) is 2.39. The van der Waals surface area contributed by atoms with Crippen molar-refractivity contribution in [3.63, 3.8) is 0 Å². The molecule has 0 radical (unpaired) electrons. The molecule has 17 heavy (non-hydrogen) atoms. The van der Waals surface area contributed by atoms with Crippen molar-refractivity contribution in [3.8, 4) is 0 Å². The van der Waals surface area contributed by atoms with Crippen LogP contribution < -0.4 is 5.32 Å². The summed E-state index contributed by atoms with van der Waals surface area (Å²) in [6, 6.07) is 0. The first-order valence-electron chi connectivity index (χ1n) is 6.09. The Kier molecular flexibility index (Phi) is 3.97. The minimum absolute atomic E-state index is 0.0392. The highest BCUT2D eigenvalue weighted by Gasteiger charge is 2.47. The molecule has 1 rings (SSSR count). The topological polar surface area (TPSA) is 55.4 Å². The van der Waals surface area contributed by atoms with Crippen LogP contribution >= 0.6 is 0 Å². The van der Waals surface area contributed by atoms with Crippen molar-refractivity contribution in [2.75, 3.05) is 6.54 Å². The molecular weight excluding hydrogens is 218 g/mol. The Morgan fingerprint density at radius 2 is 2.06 bits per heavy atom. The first-order chi connectivity index (χ1) is 7.67. The van der Waals surface area contributed by atoms with E-state index in [2.05, 4.69) is 5.32 Å². The van der Waals surface area contributed by atoms with Gasteiger partial charge in [-0.2, -0.15) is 0 Å². The van der Waals surface area contributed by atoms with E-state index < -0.39 is 5.60 Å². The highest BCUT2D eigenvalue weighted by Crippen LogP contribution is 2.34. The second-order valence-electron chi connectivity index (χ2n) is 6.28. The zero-order valence-electron chi connectivity index (χ0n) is 11.4. The van der Waals surface area contributed by atoms with Crippen LogP contribution in [0.25, 0.3) is 0 Å². The number of hydrogen-bond donors (Lipinski definition) is 1. The predicted molar refractivity (Wildman–Crippen MR) is 65.6 cm³/mol. The van der Waals surface area contributed by atoms with Crippen LogP contribution in [-0.2, 0) is 14.3 Å². The third kappa shape index (κ3) is 3.53. The lowest BCUT2D eigenvalue weighted by molar-refractivity contribution is -0.163. The van der Waals surface area contributed by atoms with Gasteiger partial charge in [-0.25, -0.2) is 0 Å². The van der Waals surface area contributed by atoms with Gasteiger partial charge in [0.25, 0.3) is 0 Å². The van der Waals surface area contributed by atoms with Crippen LogP contribution in [0.2, 0.25) is 0 Å². The minimum atomic E-state index is -0.485. The fourth-order valence-corrected chi connectivity index (χ4v) is 2.41. The lowest BCUT2D eigenvalue weighted by Crippen LogP contribution is -2.44. The summed E-state index contributed by atoms with van der Waals surface area (Å²) in [5.74, 6) is -0.427. The van der Waals surface area contributed by atoms with Gasteiger partial charge in [0.15, 0.2) is 0 Å². The molecule has 4 nitrogen and oxygen atoms in total. The number of hydrogen-bond acceptors (Lipinski definition) is 4. The van der Waals surface area contributed by atoms with E-state index in [9.17, 15) is 9.59 Å². The molecule has 1 aliphatic rings. The third-order valence-corrected chi connectivity index (χ3v) is 3.13. The van der Waals surface area contributed by atoms with Gasteiger partial charge in [-0.1, -0.05) is 0 Å². The Balaban J connectivity index is 2.82. The van der Waals surface area contributed by atoms with Gasteiger partial charge >= 0.3 is 5.97 Å². The summed E-state index contributed by atoms with van der Waals surface area (Å²) in [6.07, 6.45) is 1.28. The van der Waals surface area contributed by atoms with Gasteiger partial charge in [0.2, 0.25) is 0 Å². The Morgan fingerprint density at radius 3 is 2.53 bits per heavy atom. The van der Waals surface area contributed by atoms with Crippen LogP contribution in [0, 0.1) is 11.8 Å². The lowest BCUT2D eigenvalue weighted by atomic mass is 9.81. The zero-order valence-corrected chi connectivity index (χ0v) is 11.4. The molecule has 0 aromatic rings. The predicted octanol–water partition coefficient (Wildman–Crippen LogP) is 1.53. The maximum absolute atomic E-state index is 12.2. The number of carbonyl (C=O) groups is 2. The number of ether oxygens (including phenoxy) is 1. The summed E-state index contributed by atoms with van der Waals surface area (Å²) in [5, 5.41) is 3.29. The lowest BCUT2D eigenvalue weighted by Gasteiger charge is -2.31. The summed E-state index contributed by atoms with van der Waals surface area (Å²) < 4.78 is 5.44. The monoisotopic (exact) mass is 241 g/mol. The number of carbonyl (C=O) groups excluding carboxylic acids is 2. The van der Waals surface area contributed by atoms with Gasteiger partial charge in [0.1, 0.15) is 11.9 Å². The maximum atomic E-state index is 12.2. The number of nitrogens with one attached hydrogen (secondary N) is 1. The summed E-state index contributed by atoms with van der Waals surface area (Å²) in [4.78, 5) is 22.8. The second kappa shape index (κ2) is 4.77. The number of aldehydes is 1. The molecule has 0 aromatic heterocycles. The highest BCUT2D eigenvalue weighted by atomic mass is 16.6. The zero-order chi connectivity index (χ0) is 13.3. The third-order valence-electron chi connectivity index (χ3n) is 3.13. The molecule has 0 amide bonds. The van der Waals surface area contributed by atoms with E-state index in [1.807, 2.05) is 34.6 Å². The molecule has 4 heteroatoms. The van der Waals surface area contributed by atoms with Crippen LogP contribution in [0.15, 0.2) is 0 Å². The van der Waals surface area contributed by atoms with Crippen molar-refractivity contribution >= 4 is 12.3 Å². The van der Waals surface area contributed by atoms with Gasteiger partial charge in [-0.15, -0.1) is 0 Å². The van der Waals surface area contributed by atoms with Gasteiger partial charge < -0.3 is 14.8 Å². The molecule has 1 heterocycles. The van der Waals surface area contributed by atoms with Crippen LogP contribution in [0.3, 0.4) is 0 Å². The van der Waals surface area contributed by atoms with Gasteiger partial charge in [-0.3, -0.25) is 4.79 Å². The molecule has 0 aliphatic carbocycles. The molecule has 1 unspecified atom stereocenters. The molecule has 1 aliphatic heterocycles. The molecule has 0 aromatic carbocycles. The summed E-state index contributed by atoms with van der Waals surface area (Å²) in [5.41, 5.74) is -0.794. The van der Waals surface area contributed by atoms with E-state index in [0.29, 0.717) is 13.0 Å². The van der Waals surface area contributed by atoms with Crippen molar-refractivity contribution < 1.29 is 14.3 Å². The van der Waals surface area contributed by atoms with Crippen LogP contribution in [0.5, 0.6) is 0 Å². The molecule has 1 fully saturated rings. The Labute approximate surface area is 103 Å². The summed E-state index contributed by atoms with van der Waals surface area (Å²) in [6.45, 7) is 10.2. The Bertz CT molecular complexity index is 304. The van der Waals surface area contributed by atoms with E-state index >= 15 is 0 Å².